The fourth-order valence-corrected chi connectivity index (χ4v) is 1.85. The van der Waals surface area contributed by atoms with E-state index in [2.05, 4.69) is 20.4 Å². The highest BCUT2D eigenvalue weighted by molar-refractivity contribution is 5.31. The van der Waals surface area contributed by atoms with Crippen molar-refractivity contribution in [1.29, 1.82) is 0 Å². The summed E-state index contributed by atoms with van der Waals surface area (Å²) in [6, 6.07) is 0. The molecule has 1 N–H and O–H groups in total. The largest absolute Gasteiger partial charge is 0.365 e. The first-order valence-electron chi connectivity index (χ1n) is 6.54. The fourth-order valence-electron chi connectivity index (χ4n) is 1.85. The molecule has 0 aliphatic heterocycles. The van der Waals surface area contributed by atoms with Gasteiger partial charge in [0.2, 0.25) is 0 Å². The van der Waals surface area contributed by atoms with Crippen molar-refractivity contribution in [2.75, 3.05) is 11.9 Å². The summed E-state index contributed by atoms with van der Waals surface area (Å²) in [5.41, 5.74) is -0.382. The average Bonchev–Trinajstić information content (AvgIpc) is 2.76. The van der Waals surface area contributed by atoms with Crippen molar-refractivity contribution in [1.82, 2.24) is 24.3 Å². The first-order chi connectivity index (χ1) is 9.38. The minimum absolute atomic E-state index is 0.117. The Hall–Kier alpha value is -2.18. The van der Waals surface area contributed by atoms with E-state index in [1.54, 1.807) is 28.0 Å². The van der Waals surface area contributed by atoms with Crippen LogP contribution in [0, 0.1) is 0 Å². The van der Waals surface area contributed by atoms with Crippen molar-refractivity contribution in [2.24, 2.45) is 7.05 Å². The molecule has 20 heavy (non-hydrogen) atoms. The molecule has 0 fully saturated rings. The van der Waals surface area contributed by atoms with Crippen LogP contribution in [0.2, 0.25) is 0 Å². The zero-order valence-corrected chi connectivity index (χ0v) is 12.3. The van der Waals surface area contributed by atoms with Crippen LogP contribution in [0.1, 0.15) is 26.6 Å². The second kappa shape index (κ2) is 5.44. The monoisotopic (exact) mass is 276 g/mol. The zero-order valence-electron chi connectivity index (χ0n) is 12.3. The van der Waals surface area contributed by atoms with E-state index in [-0.39, 0.29) is 11.1 Å². The quantitative estimate of drug-likeness (QED) is 0.893. The lowest BCUT2D eigenvalue weighted by Crippen LogP contribution is -2.35. The van der Waals surface area contributed by atoms with E-state index >= 15 is 0 Å². The molecule has 0 saturated heterocycles. The van der Waals surface area contributed by atoms with Crippen LogP contribution < -0.4 is 10.9 Å². The van der Waals surface area contributed by atoms with Crippen LogP contribution in [0.15, 0.2) is 23.5 Å². The van der Waals surface area contributed by atoms with E-state index in [0.717, 1.165) is 5.82 Å². The SMILES string of the molecule is Cn1cnc(CCNc2nccn(C(C)(C)C)c2=O)n1. The van der Waals surface area contributed by atoms with Crippen LogP contribution in [0.3, 0.4) is 0 Å². The summed E-state index contributed by atoms with van der Waals surface area (Å²) in [6.07, 6.45) is 5.64. The molecule has 0 bridgehead atoms. The van der Waals surface area contributed by atoms with Crippen molar-refractivity contribution in [3.8, 4) is 0 Å². The summed E-state index contributed by atoms with van der Waals surface area (Å²) in [4.78, 5) is 20.5. The fraction of sp³-hybridized carbons (Fsp3) is 0.538. The molecule has 0 aromatic carbocycles. The van der Waals surface area contributed by atoms with Crippen molar-refractivity contribution in [3.63, 3.8) is 0 Å². The third kappa shape index (κ3) is 3.23. The number of hydrogen-bond acceptors (Lipinski definition) is 5. The summed E-state index contributed by atoms with van der Waals surface area (Å²) >= 11 is 0. The Kier molecular flexibility index (Phi) is 3.87. The molecular weight excluding hydrogens is 256 g/mol. The van der Waals surface area contributed by atoms with Crippen LogP contribution in [0.25, 0.3) is 0 Å². The first kappa shape index (κ1) is 14.2. The Labute approximate surface area is 117 Å². The van der Waals surface area contributed by atoms with Crippen LogP contribution in [-0.4, -0.2) is 30.9 Å². The summed E-state index contributed by atoms with van der Waals surface area (Å²) < 4.78 is 3.32. The van der Waals surface area contributed by atoms with Crippen molar-refractivity contribution in [3.05, 3.63) is 34.9 Å². The molecule has 2 aromatic heterocycles. The van der Waals surface area contributed by atoms with E-state index in [1.165, 1.54) is 0 Å². The van der Waals surface area contributed by atoms with Gasteiger partial charge in [0.15, 0.2) is 11.6 Å². The molecule has 0 amide bonds. The molecular formula is C13H20N6O. The normalized spacial score (nSPS) is 11.6. The molecule has 0 radical (unpaired) electrons. The maximum Gasteiger partial charge on any atom is 0.293 e. The number of aryl methyl sites for hydroxylation is 1. The van der Waals surface area contributed by atoms with Gasteiger partial charge in [-0.25, -0.2) is 9.97 Å². The molecule has 0 spiro atoms. The zero-order chi connectivity index (χ0) is 14.8. The van der Waals surface area contributed by atoms with Gasteiger partial charge in [-0.3, -0.25) is 9.48 Å². The maximum atomic E-state index is 12.3. The highest BCUT2D eigenvalue weighted by Crippen LogP contribution is 2.10. The molecule has 0 aliphatic rings. The first-order valence-corrected chi connectivity index (χ1v) is 6.54. The Morgan fingerprint density at radius 3 is 2.65 bits per heavy atom. The van der Waals surface area contributed by atoms with Gasteiger partial charge in [0.25, 0.3) is 5.56 Å². The van der Waals surface area contributed by atoms with Gasteiger partial charge in [-0.2, -0.15) is 5.10 Å². The standard InChI is InChI=1S/C13H20N6O/c1-13(2,3)19-8-7-15-11(12(19)20)14-6-5-10-16-9-18(4)17-10/h7-9H,5-6H2,1-4H3,(H,14,15). The predicted molar refractivity (Wildman–Crippen MR) is 76.7 cm³/mol. The Bertz CT molecular complexity index is 637. The van der Waals surface area contributed by atoms with Gasteiger partial charge in [0.1, 0.15) is 6.33 Å². The van der Waals surface area contributed by atoms with E-state index in [0.29, 0.717) is 18.8 Å². The second-order valence-corrected chi connectivity index (χ2v) is 5.63. The molecule has 2 heterocycles. The highest BCUT2D eigenvalue weighted by atomic mass is 16.1. The number of hydrogen-bond donors (Lipinski definition) is 1. The minimum atomic E-state index is -0.265. The Balaban J connectivity index is 2.05. The topological polar surface area (TPSA) is 77.6 Å². The summed E-state index contributed by atoms with van der Waals surface area (Å²) in [5.74, 6) is 1.10. The number of aromatic nitrogens is 5. The maximum absolute atomic E-state index is 12.3. The molecule has 7 nitrogen and oxygen atoms in total. The molecule has 0 atom stereocenters. The number of nitrogens with zero attached hydrogens (tertiary/aromatic N) is 5. The smallest absolute Gasteiger partial charge is 0.293 e. The minimum Gasteiger partial charge on any atom is -0.365 e. The highest BCUT2D eigenvalue weighted by Gasteiger charge is 2.16. The molecule has 0 saturated carbocycles. The molecule has 2 rings (SSSR count). The van der Waals surface area contributed by atoms with Crippen LogP contribution >= 0.6 is 0 Å². The number of nitrogens with one attached hydrogen (secondary N) is 1. The van der Waals surface area contributed by atoms with Gasteiger partial charge in [0, 0.05) is 37.9 Å². The molecule has 108 valence electrons. The number of rotatable bonds is 4. The van der Waals surface area contributed by atoms with Crippen molar-refractivity contribution in [2.45, 2.75) is 32.7 Å². The molecule has 2 aromatic rings. The van der Waals surface area contributed by atoms with Crippen molar-refractivity contribution >= 4 is 5.82 Å². The number of anilines is 1. The van der Waals surface area contributed by atoms with E-state index in [1.807, 2.05) is 27.8 Å². The molecule has 7 heteroatoms. The average molecular weight is 276 g/mol. The lowest BCUT2D eigenvalue weighted by atomic mass is 10.1. The van der Waals surface area contributed by atoms with Gasteiger partial charge in [-0.1, -0.05) is 0 Å². The third-order valence-corrected chi connectivity index (χ3v) is 2.85. The van der Waals surface area contributed by atoms with Crippen LogP contribution in [0.5, 0.6) is 0 Å². The predicted octanol–water partition coefficient (Wildman–Crippen LogP) is 0.781. The lowest BCUT2D eigenvalue weighted by molar-refractivity contribution is 0.383. The van der Waals surface area contributed by atoms with Gasteiger partial charge in [-0.05, 0) is 20.8 Å². The van der Waals surface area contributed by atoms with Gasteiger partial charge >= 0.3 is 0 Å². The molecule has 0 aliphatic carbocycles. The summed E-state index contributed by atoms with van der Waals surface area (Å²) in [6.45, 7) is 6.52. The lowest BCUT2D eigenvalue weighted by Gasteiger charge is -2.22. The summed E-state index contributed by atoms with van der Waals surface area (Å²) in [7, 11) is 1.82. The van der Waals surface area contributed by atoms with Gasteiger partial charge in [0.05, 0.1) is 0 Å². The van der Waals surface area contributed by atoms with Crippen molar-refractivity contribution < 1.29 is 0 Å². The summed E-state index contributed by atoms with van der Waals surface area (Å²) in [5, 5.41) is 7.23. The molecule has 0 unspecified atom stereocenters. The van der Waals surface area contributed by atoms with E-state index in [9.17, 15) is 4.79 Å². The van der Waals surface area contributed by atoms with E-state index in [4.69, 9.17) is 0 Å². The van der Waals surface area contributed by atoms with Crippen LogP contribution in [0.4, 0.5) is 5.82 Å². The Morgan fingerprint density at radius 1 is 1.30 bits per heavy atom. The second-order valence-electron chi connectivity index (χ2n) is 5.63. The van der Waals surface area contributed by atoms with Gasteiger partial charge < -0.3 is 9.88 Å². The Morgan fingerprint density at radius 2 is 2.05 bits per heavy atom. The van der Waals surface area contributed by atoms with E-state index < -0.39 is 0 Å². The van der Waals surface area contributed by atoms with Crippen LogP contribution in [-0.2, 0) is 19.0 Å². The third-order valence-electron chi connectivity index (χ3n) is 2.85. The van der Waals surface area contributed by atoms with Gasteiger partial charge in [-0.15, -0.1) is 0 Å².